The Hall–Kier alpha value is -4.65. The molecule has 9 nitrogen and oxygen atoms in total. The minimum absolute atomic E-state index is 0.00262. The van der Waals surface area contributed by atoms with Gasteiger partial charge in [-0.15, -0.1) is 12.3 Å². The largest absolute Gasteiger partial charge is 0.481 e. The molecule has 3 aromatic rings. The van der Waals surface area contributed by atoms with Crippen molar-refractivity contribution in [1.82, 2.24) is 5.32 Å². The van der Waals surface area contributed by atoms with Crippen LogP contribution >= 0.6 is 23.2 Å². The number of carboxylic acids is 1. The molecular formula is C31H28Cl2N4O5. The molecule has 216 valence electrons. The molecule has 0 spiro atoms. The number of carbonyl (C=O) groups excluding carboxylic acids is 3. The molecule has 0 aliphatic rings. The van der Waals surface area contributed by atoms with Crippen LogP contribution in [0.1, 0.15) is 45.5 Å². The van der Waals surface area contributed by atoms with Crippen molar-refractivity contribution in [3.05, 3.63) is 87.4 Å². The van der Waals surface area contributed by atoms with Crippen LogP contribution in [0.4, 0.5) is 5.69 Å². The van der Waals surface area contributed by atoms with E-state index < -0.39 is 30.0 Å². The van der Waals surface area contributed by atoms with Gasteiger partial charge in [-0.1, -0.05) is 59.6 Å². The van der Waals surface area contributed by atoms with E-state index in [4.69, 9.17) is 41.1 Å². The van der Waals surface area contributed by atoms with Gasteiger partial charge in [0.15, 0.2) is 17.5 Å². The van der Waals surface area contributed by atoms with Crippen molar-refractivity contribution in [2.24, 2.45) is 22.4 Å². The van der Waals surface area contributed by atoms with E-state index in [9.17, 15) is 24.3 Å². The first-order valence-electron chi connectivity index (χ1n) is 12.8. The Labute approximate surface area is 252 Å². The molecule has 0 saturated carbocycles. The Morgan fingerprint density at radius 1 is 0.929 bits per heavy atom. The summed E-state index contributed by atoms with van der Waals surface area (Å²) in [4.78, 5) is 53.6. The number of benzene rings is 3. The van der Waals surface area contributed by atoms with Gasteiger partial charge in [-0.3, -0.25) is 19.2 Å². The zero-order valence-electron chi connectivity index (χ0n) is 22.4. The summed E-state index contributed by atoms with van der Waals surface area (Å²) in [5, 5.41) is 12.3. The first kappa shape index (κ1) is 31.9. The molecule has 0 aliphatic heterocycles. The van der Waals surface area contributed by atoms with E-state index in [-0.39, 0.29) is 46.7 Å². The number of amides is 1. The van der Waals surface area contributed by atoms with E-state index in [1.54, 1.807) is 30.3 Å². The highest BCUT2D eigenvalue weighted by Gasteiger charge is 2.26. The monoisotopic (exact) mass is 606 g/mol. The summed E-state index contributed by atoms with van der Waals surface area (Å²) in [7, 11) is 0. The highest BCUT2D eigenvalue weighted by molar-refractivity contribution is 6.40. The first-order chi connectivity index (χ1) is 20.0. The van der Waals surface area contributed by atoms with Gasteiger partial charge in [0, 0.05) is 37.8 Å². The summed E-state index contributed by atoms with van der Waals surface area (Å²) in [5.74, 6) is -1.56. The fourth-order valence-corrected chi connectivity index (χ4v) is 4.80. The third-order valence-electron chi connectivity index (χ3n) is 6.25. The van der Waals surface area contributed by atoms with Gasteiger partial charge in [0.1, 0.15) is 0 Å². The minimum atomic E-state index is -1.29. The van der Waals surface area contributed by atoms with Crippen molar-refractivity contribution in [1.29, 1.82) is 0 Å². The number of nitrogens with one attached hydrogen (secondary N) is 1. The number of nitrogens with two attached hydrogens (primary N) is 2. The molecule has 6 N–H and O–H groups in total. The molecule has 0 aliphatic carbocycles. The lowest BCUT2D eigenvalue weighted by Gasteiger charge is -2.15. The fraction of sp³-hybridized carbons (Fsp3) is 0.194. The van der Waals surface area contributed by atoms with Gasteiger partial charge < -0.3 is 21.9 Å². The molecule has 0 bridgehead atoms. The molecule has 11 heteroatoms. The number of Topliss-reactive ketones (excluding diaryl/α,β-unsaturated/α-hetero) is 2. The van der Waals surface area contributed by atoms with Gasteiger partial charge in [0.2, 0.25) is 5.91 Å². The van der Waals surface area contributed by atoms with E-state index in [2.05, 4.69) is 16.2 Å². The van der Waals surface area contributed by atoms with Crippen LogP contribution in [0.3, 0.4) is 0 Å². The third kappa shape index (κ3) is 8.93. The number of halogens is 2. The molecule has 3 rings (SSSR count). The normalized spacial score (nSPS) is 11.2. The molecule has 1 atom stereocenters. The Kier molecular flexibility index (Phi) is 11.3. The van der Waals surface area contributed by atoms with E-state index in [1.807, 2.05) is 24.3 Å². The highest BCUT2D eigenvalue weighted by atomic mass is 35.5. The van der Waals surface area contributed by atoms with Crippen molar-refractivity contribution in [2.45, 2.75) is 25.7 Å². The number of hydrogen-bond donors (Lipinski definition) is 4. The second kappa shape index (κ2) is 14.8. The Morgan fingerprint density at radius 2 is 1.60 bits per heavy atom. The maximum Gasteiger partial charge on any atom is 0.308 e. The summed E-state index contributed by atoms with van der Waals surface area (Å²) in [6, 6.07) is 16.9. The van der Waals surface area contributed by atoms with Gasteiger partial charge in [0.25, 0.3) is 0 Å². The number of rotatable bonds is 13. The van der Waals surface area contributed by atoms with Crippen molar-refractivity contribution >= 4 is 58.3 Å². The van der Waals surface area contributed by atoms with E-state index in [0.29, 0.717) is 23.2 Å². The van der Waals surface area contributed by atoms with E-state index >= 15 is 0 Å². The molecule has 3 aromatic carbocycles. The SMILES string of the molecule is C#CCc1ccc(-c2cc(Cl)c(C(=O)C[C@@H](CNC(=O)CCC(=O)c3cccc(N=C(N)N)c3)C(=O)O)c(Cl)c2)cc1. The predicted octanol–water partition coefficient (Wildman–Crippen LogP) is 4.79. The molecule has 1 amide bonds. The summed E-state index contributed by atoms with van der Waals surface area (Å²) < 4.78 is 0. The molecular weight excluding hydrogens is 579 g/mol. The number of aliphatic imine (C=N–C) groups is 1. The second-order valence-electron chi connectivity index (χ2n) is 9.37. The highest BCUT2D eigenvalue weighted by Crippen LogP contribution is 2.33. The van der Waals surface area contributed by atoms with Crippen molar-refractivity contribution in [3.63, 3.8) is 0 Å². The number of nitrogens with zero attached hydrogens (tertiary/aromatic N) is 1. The molecule has 0 radical (unpaired) electrons. The van der Waals surface area contributed by atoms with Gasteiger partial charge >= 0.3 is 5.97 Å². The van der Waals surface area contributed by atoms with Gasteiger partial charge in [-0.25, -0.2) is 4.99 Å². The second-order valence-corrected chi connectivity index (χ2v) is 10.2. The lowest BCUT2D eigenvalue weighted by atomic mass is 9.95. The fourth-order valence-electron chi connectivity index (χ4n) is 4.11. The smallest absolute Gasteiger partial charge is 0.308 e. The van der Waals surface area contributed by atoms with Crippen LogP contribution in [-0.2, 0) is 16.0 Å². The number of terminal acetylenes is 1. The van der Waals surface area contributed by atoms with Crippen LogP contribution in [0.25, 0.3) is 11.1 Å². The van der Waals surface area contributed by atoms with Gasteiger partial charge in [-0.2, -0.15) is 0 Å². The third-order valence-corrected chi connectivity index (χ3v) is 6.84. The molecule has 0 fully saturated rings. The Bertz CT molecular complexity index is 1550. The summed E-state index contributed by atoms with van der Waals surface area (Å²) in [6.45, 7) is -0.328. The predicted molar refractivity (Wildman–Crippen MR) is 163 cm³/mol. The van der Waals surface area contributed by atoms with Crippen molar-refractivity contribution in [2.75, 3.05) is 6.54 Å². The quantitative estimate of drug-likeness (QED) is 0.0939. The number of hydrogen-bond acceptors (Lipinski definition) is 5. The maximum absolute atomic E-state index is 13.0. The van der Waals surface area contributed by atoms with Gasteiger partial charge in [0.05, 0.1) is 27.2 Å². The molecule has 0 unspecified atom stereocenters. The first-order valence-corrected chi connectivity index (χ1v) is 13.5. The van der Waals surface area contributed by atoms with Crippen LogP contribution in [0.5, 0.6) is 0 Å². The number of carboxylic acid groups (broad SMARTS) is 1. The maximum atomic E-state index is 13.0. The number of ketones is 2. The van der Waals surface area contributed by atoms with Crippen LogP contribution < -0.4 is 16.8 Å². The van der Waals surface area contributed by atoms with E-state index in [1.165, 1.54) is 6.07 Å². The summed E-state index contributed by atoms with van der Waals surface area (Å²) >= 11 is 12.8. The van der Waals surface area contributed by atoms with Crippen molar-refractivity contribution in [3.8, 4) is 23.5 Å². The molecule has 0 heterocycles. The average Bonchev–Trinajstić information content (AvgIpc) is 2.93. The van der Waals surface area contributed by atoms with Crippen molar-refractivity contribution < 1.29 is 24.3 Å². The van der Waals surface area contributed by atoms with Gasteiger partial charge in [-0.05, 0) is 41.0 Å². The zero-order valence-corrected chi connectivity index (χ0v) is 23.9. The minimum Gasteiger partial charge on any atom is -0.481 e. The van der Waals surface area contributed by atoms with Crippen LogP contribution in [-0.4, -0.2) is 41.1 Å². The lowest BCUT2D eigenvalue weighted by molar-refractivity contribution is -0.141. The summed E-state index contributed by atoms with van der Waals surface area (Å²) in [5.41, 5.74) is 13.9. The Morgan fingerprint density at radius 3 is 2.19 bits per heavy atom. The number of carbonyl (C=O) groups is 4. The van der Waals surface area contributed by atoms with E-state index in [0.717, 1.165) is 11.1 Å². The summed E-state index contributed by atoms with van der Waals surface area (Å²) in [6.07, 6.45) is 5.07. The topological polar surface area (TPSA) is 165 Å². The number of aliphatic carboxylic acids is 1. The van der Waals surface area contributed by atoms with Crippen LogP contribution in [0, 0.1) is 18.3 Å². The van der Waals surface area contributed by atoms with Crippen LogP contribution in [0.2, 0.25) is 10.0 Å². The standard InChI is InChI=1S/C31H28Cl2N4O5/c1-2-4-18-7-9-19(10-8-18)21-14-24(32)29(25(33)15-21)27(39)16-22(30(41)42)17-36-28(40)12-11-26(38)20-5-3-6-23(13-20)37-31(34)35/h1,3,5-10,13-15,22H,4,11-12,16-17H2,(H,36,40)(H,41,42)(H4,34,35,37)/t22-/m0/s1. The molecule has 0 saturated heterocycles. The molecule has 42 heavy (non-hydrogen) atoms. The lowest BCUT2D eigenvalue weighted by Crippen LogP contribution is -2.34. The number of guanidine groups is 1. The Balaban J connectivity index is 1.60. The average molecular weight is 607 g/mol. The zero-order chi connectivity index (χ0) is 30.8. The van der Waals surface area contributed by atoms with Crippen LogP contribution in [0.15, 0.2) is 65.7 Å². The molecule has 0 aromatic heterocycles.